The zero-order chi connectivity index (χ0) is 22.0. The number of carboxylic acids is 1. The van der Waals surface area contributed by atoms with Gasteiger partial charge in [0, 0.05) is 17.6 Å². The summed E-state index contributed by atoms with van der Waals surface area (Å²) in [5.41, 5.74) is 4.01. The Morgan fingerprint density at radius 3 is 2.71 bits per heavy atom. The lowest BCUT2D eigenvalue weighted by Crippen LogP contribution is -2.33. The topological polar surface area (TPSA) is 110 Å². The molecule has 0 unspecified atom stereocenters. The maximum absolute atomic E-state index is 12.1. The molecular formula is C23H24N2O6. The standard InChI is InChI=1S/C23H24N2O6/c1-12-9-23(12,21-24-17(11-26)31-25-21)18-15-5-4-13(8-16(15)30-19(18)20(27)28)14-6-7-29-22(2,3)10-14/h4-5,8,12,14H,6-7,9-10H2,1-3H3,(H,24,25)(H,27,28)/t12-,14-,23+/m0/s1. The van der Waals surface area contributed by atoms with Crippen LogP contribution in [-0.4, -0.2) is 35.1 Å². The van der Waals surface area contributed by atoms with E-state index >= 15 is 0 Å². The number of amidine groups is 1. The second kappa shape index (κ2) is 6.70. The number of hydrogen-bond acceptors (Lipinski definition) is 7. The number of nitrogens with one attached hydrogen (secondary N) is 1. The molecule has 3 atom stereocenters. The molecule has 2 aliphatic heterocycles. The zero-order valence-electron chi connectivity index (χ0n) is 17.7. The number of hydrogen-bond donors (Lipinski definition) is 2. The summed E-state index contributed by atoms with van der Waals surface area (Å²) in [6.45, 7) is 6.87. The van der Waals surface area contributed by atoms with Gasteiger partial charge in [-0.15, -0.1) is 0 Å². The molecule has 1 saturated carbocycles. The zero-order valence-corrected chi connectivity index (χ0v) is 17.7. The first-order valence-electron chi connectivity index (χ1n) is 10.5. The minimum atomic E-state index is -1.14. The van der Waals surface area contributed by atoms with Crippen LogP contribution < -0.4 is 5.48 Å². The van der Waals surface area contributed by atoms with Crippen molar-refractivity contribution in [1.29, 1.82) is 0 Å². The predicted molar refractivity (Wildman–Crippen MR) is 112 cm³/mol. The summed E-state index contributed by atoms with van der Waals surface area (Å²) in [7, 11) is 0. The van der Waals surface area contributed by atoms with Crippen LogP contribution in [0.25, 0.3) is 11.0 Å². The first-order chi connectivity index (χ1) is 14.7. The van der Waals surface area contributed by atoms with E-state index in [1.165, 1.54) is 0 Å². The van der Waals surface area contributed by atoms with Crippen LogP contribution in [0.2, 0.25) is 0 Å². The van der Waals surface area contributed by atoms with E-state index < -0.39 is 11.4 Å². The molecular weight excluding hydrogens is 400 g/mol. The molecule has 2 N–H and O–H groups in total. The fourth-order valence-corrected chi connectivity index (χ4v) is 5.18. The molecule has 3 heterocycles. The summed E-state index contributed by atoms with van der Waals surface area (Å²) in [6.07, 6.45) is 2.46. The van der Waals surface area contributed by atoms with Crippen LogP contribution in [0.5, 0.6) is 0 Å². The lowest BCUT2D eigenvalue weighted by atomic mass is 9.83. The number of ether oxygens (including phenoxy) is 1. The Morgan fingerprint density at radius 1 is 1.32 bits per heavy atom. The van der Waals surface area contributed by atoms with E-state index in [0.29, 0.717) is 35.9 Å². The third kappa shape index (κ3) is 3.06. The molecule has 1 aromatic carbocycles. The van der Waals surface area contributed by atoms with Crippen LogP contribution in [0, 0.1) is 5.92 Å². The summed E-state index contributed by atoms with van der Waals surface area (Å²) in [6, 6.07) is 5.95. The molecule has 5 rings (SSSR count). The van der Waals surface area contributed by atoms with Crippen molar-refractivity contribution >= 4 is 28.7 Å². The highest BCUT2D eigenvalue weighted by Crippen LogP contribution is 2.58. The predicted octanol–water partition coefficient (Wildman–Crippen LogP) is 3.69. The second-order valence-electron chi connectivity index (χ2n) is 9.31. The van der Waals surface area contributed by atoms with Crippen molar-refractivity contribution in [3.05, 3.63) is 41.0 Å². The average molecular weight is 424 g/mol. The van der Waals surface area contributed by atoms with E-state index in [9.17, 15) is 14.7 Å². The van der Waals surface area contributed by atoms with Gasteiger partial charge in [0.1, 0.15) is 5.58 Å². The summed E-state index contributed by atoms with van der Waals surface area (Å²) < 4.78 is 11.7. The van der Waals surface area contributed by atoms with Crippen LogP contribution in [-0.2, 0) is 19.8 Å². The third-order valence-electron chi connectivity index (χ3n) is 6.80. The normalized spacial score (nSPS) is 29.1. The van der Waals surface area contributed by atoms with Gasteiger partial charge in [0.2, 0.25) is 5.76 Å². The van der Waals surface area contributed by atoms with Gasteiger partial charge in [-0.25, -0.2) is 15.1 Å². The van der Waals surface area contributed by atoms with Gasteiger partial charge in [-0.05, 0) is 56.6 Å². The number of carbonyl (C=O) groups excluding carboxylic acids is 1. The summed E-state index contributed by atoms with van der Waals surface area (Å²) in [4.78, 5) is 32.3. The van der Waals surface area contributed by atoms with Crippen molar-refractivity contribution in [2.24, 2.45) is 10.9 Å². The Morgan fingerprint density at radius 2 is 2.10 bits per heavy atom. The largest absolute Gasteiger partial charge is 0.475 e. The van der Waals surface area contributed by atoms with Crippen molar-refractivity contribution < 1.29 is 28.7 Å². The minimum absolute atomic E-state index is 0.100. The van der Waals surface area contributed by atoms with Crippen molar-refractivity contribution in [2.45, 2.75) is 57.0 Å². The number of benzene rings is 1. The number of rotatable bonds is 4. The van der Waals surface area contributed by atoms with E-state index in [1.807, 2.05) is 19.1 Å². The van der Waals surface area contributed by atoms with Crippen LogP contribution >= 0.6 is 0 Å². The fourth-order valence-electron chi connectivity index (χ4n) is 5.18. The maximum atomic E-state index is 12.1. The molecule has 0 radical (unpaired) electrons. The van der Waals surface area contributed by atoms with E-state index in [0.717, 1.165) is 23.8 Å². The second-order valence-corrected chi connectivity index (χ2v) is 9.31. The number of carboxylic acid groups (broad SMARTS) is 1. The molecule has 0 amide bonds. The number of furan rings is 1. The van der Waals surface area contributed by atoms with Gasteiger partial charge < -0.3 is 19.1 Å². The van der Waals surface area contributed by atoms with Gasteiger partial charge in [-0.3, -0.25) is 0 Å². The number of carbonyl (C=O) groups is 1. The van der Waals surface area contributed by atoms with Crippen LogP contribution in [0.3, 0.4) is 0 Å². The number of fused-ring (bicyclic) bond motifs is 1. The number of aromatic carboxylic acids is 1. The fraction of sp³-hybridized carbons (Fsp3) is 0.478. The number of aliphatic imine (C=N–C) groups is 1. The Labute approximate surface area is 178 Å². The molecule has 8 heteroatoms. The van der Waals surface area contributed by atoms with Crippen LogP contribution in [0.15, 0.2) is 33.5 Å². The van der Waals surface area contributed by atoms with Gasteiger partial charge in [0.25, 0.3) is 0 Å². The van der Waals surface area contributed by atoms with Crippen molar-refractivity contribution in [3.63, 3.8) is 0 Å². The van der Waals surface area contributed by atoms with E-state index in [-0.39, 0.29) is 23.2 Å². The van der Waals surface area contributed by atoms with Crippen LogP contribution in [0.1, 0.15) is 67.6 Å². The van der Waals surface area contributed by atoms with E-state index in [2.05, 4.69) is 30.4 Å². The summed E-state index contributed by atoms with van der Waals surface area (Å²) in [5, 5.41) is 10.6. The molecule has 1 aromatic heterocycles. The highest BCUT2D eigenvalue weighted by Gasteiger charge is 2.61. The monoisotopic (exact) mass is 424 g/mol. The van der Waals surface area contributed by atoms with Crippen LogP contribution in [0.4, 0.5) is 0 Å². The molecule has 8 nitrogen and oxygen atoms in total. The molecule has 2 aromatic rings. The number of hydroxylamine groups is 1. The molecule has 1 aliphatic carbocycles. The van der Waals surface area contributed by atoms with Crippen molar-refractivity contribution in [3.8, 4) is 0 Å². The molecule has 3 aliphatic rings. The van der Waals surface area contributed by atoms with E-state index in [1.54, 1.807) is 5.94 Å². The van der Waals surface area contributed by atoms with Gasteiger partial charge in [0.15, 0.2) is 11.8 Å². The first-order valence-corrected chi connectivity index (χ1v) is 10.5. The van der Waals surface area contributed by atoms with E-state index in [4.69, 9.17) is 14.0 Å². The Bertz CT molecular complexity index is 1170. The quantitative estimate of drug-likeness (QED) is 0.720. The average Bonchev–Trinajstić information content (AvgIpc) is 3.11. The lowest BCUT2D eigenvalue weighted by Gasteiger charge is -2.35. The molecule has 162 valence electrons. The molecule has 0 spiro atoms. The first kappa shape index (κ1) is 19.8. The summed E-state index contributed by atoms with van der Waals surface area (Å²) >= 11 is 0. The maximum Gasteiger partial charge on any atom is 0.372 e. The highest BCUT2D eigenvalue weighted by atomic mass is 16.7. The number of nitrogens with zero attached hydrogens (tertiary/aromatic N) is 1. The minimum Gasteiger partial charge on any atom is -0.475 e. The van der Waals surface area contributed by atoms with Gasteiger partial charge >= 0.3 is 11.9 Å². The summed E-state index contributed by atoms with van der Waals surface area (Å²) in [5.74, 6) is 1.03. The Kier molecular flexibility index (Phi) is 4.29. The van der Waals surface area contributed by atoms with Gasteiger partial charge in [-0.1, -0.05) is 19.1 Å². The SMILES string of the molecule is C[C@H]1C[C@]1(C1=NC(=C=O)ON1)c1c(C(=O)O)oc2cc([C@H]3CCOC(C)(C)C3)ccc12. The van der Waals surface area contributed by atoms with Gasteiger partial charge in [0.05, 0.1) is 11.0 Å². The Balaban J connectivity index is 1.63. The Hall–Kier alpha value is -3.09. The lowest BCUT2D eigenvalue weighted by molar-refractivity contribution is -0.0592. The smallest absolute Gasteiger partial charge is 0.372 e. The molecule has 1 saturated heterocycles. The van der Waals surface area contributed by atoms with Crippen molar-refractivity contribution in [2.75, 3.05) is 6.61 Å². The highest BCUT2D eigenvalue weighted by molar-refractivity contribution is 6.06. The third-order valence-corrected chi connectivity index (χ3v) is 6.80. The molecule has 2 fully saturated rings. The molecule has 0 bridgehead atoms. The van der Waals surface area contributed by atoms with Gasteiger partial charge in [-0.2, -0.15) is 4.99 Å². The molecule has 31 heavy (non-hydrogen) atoms. The van der Waals surface area contributed by atoms with Crippen molar-refractivity contribution in [1.82, 2.24) is 5.48 Å².